The summed E-state index contributed by atoms with van der Waals surface area (Å²) in [5.74, 6) is -1.88. The van der Waals surface area contributed by atoms with Gasteiger partial charge in [0.25, 0.3) is 11.6 Å². The number of hydrazone groups is 1. The molecule has 1 atom stereocenters. The van der Waals surface area contributed by atoms with Gasteiger partial charge in [0, 0.05) is 25.0 Å². The fraction of sp³-hybridized carbons (Fsp3) is 0.286. The number of carbonyl (C=O) groups excluding carboxylic acids is 3. The first-order valence-electron chi connectivity index (χ1n) is 7.09. The van der Waals surface area contributed by atoms with Gasteiger partial charge in [0.15, 0.2) is 6.10 Å². The van der Waals surface area contributed by atoms with Gasteiger partial charge in [0.1, 0.15) is 5.71 Å². The van der Waals surface area contributed by atoms with Crippen molar-refractivity contribution in [3.05, 3.63) is 33.3 Å². The molecule has 1 unspecified atom stereocenters. The van der Waals surface area contributed by atoms with Crippen LogP contribution >= 0.6 is 11.6 Å². The molecule has 0 spiro atoms. The lowest BCUT2D eigenvalue weighted by molar-refractivity contribution is -0.384. The number of non-ortho nitro benzene ring substituents is 1. The molecule has 1 aromatic rings. The van der Waals surface area contributed by atoms with Gasteiger partial charge in [0.05, 0.1) is 15.6 Å². The second-order valence-electron chi connectivity index (χ2n) is 5.05. The highest BCUT2D eigenvalue weighted by atomic mass is 35.5. The van der Waals surface area contributed by atoms with Crippen LogP contribution in [-0.4, -0.2) is 34.5 Å². The van der Waals surface area contributed by atoms with Crippen LogP contribution in [0.4, 0.5) is 11.4 Å². The maximum atomic E-state index is 12.1. The molecule has 0 fully saturated rings. The third kappa shape index (κ3) is 4.73. The number of anilines is 1. The molecule has 0 saturated carbocycles. The second kappa shape index (κ2) is 7.71. The normalized spacial score (nSPS) is 14.8. The zero-order valence-electron chi connectivity index (χ0n) is 12.9. The van der Waals surface area contributed by atoms with Crippen molar-refractivity contribution in [1.82, 2.24) is 5.43 Å². The van der Waals surface area contributed by atoms with E-state index < -0.39 is 22.9 Å². The number of benzene rings is 1. The molecule has 2 N–H and O–H groups in total. The topological polar surface area (TPSA) is 140 Å². The maximum absolute atomic E-state index is 12.1. The first kappa shape index (κ1) is 18.3. The Balaban J connectivity index is 2.01. The number of hydrogen-bond donors (Lipinski definition) is 2. The standard InChI is InChI=1S/C14H13ClN4O6/c1-7(25-14(22)10-4-5-12(20)18-17-10)13(21)16-11-6-8(19(23)24)2-3-9(11)15/h2-3,6-7H,4-5H2,1H3,(H,16,21)(H,18,20). The lowest BCUT2D eigenvalue weighted by atomic mass is 10.2. The molecule has 0 saturated heterocycles. The maximum Gasteiger partial charge on any atom is 0.355 e. The number of esters is 1. The van der Waals surface area contributed by atoms with Gasteiger partial charge in [0.2, 0.25) is 5.91 Å². The van der Waals surface area contributed by atoms with Crippen LogP contribution in [-0.2, 0) is 19.1 Å². The first-order valence-corrected chi connectivity index (χ1v) is 7.47. The van der Waals surface area contributed by atoms with Gasteiger partial charge in [-0.25, -0.2) is 10.2 Å². The van der Waals surface area contributed by atoms with E-state index in [1.807, 2.05) is 0 Å². The van der Waals surface area contributed by atoms with Crippen LogP contribution in [0.5, 0.6) is 0 Å². The van der Waals surface area contributed by atoms with E-state index in [9.17, 15) is 24.5 Å². The number of rotatable bonds is 5. The van der Waals surface area contributed by atoms with Crippen LogP contribution in [0.15, 0.2) is 23.3 Å². The van der Waals surface area contributed by atoms with Crippen LogP contribution in [0.25, 0.3) is 0 Å². The highest BCUT2D eigenvalue weighted by Crippen LogP contribution is 2.26. The third-order valence-electron chi connectivity index (χ3n) is 3.21. The molecular weight excluding hydrogens is 356 g/mol. The number of nitro groups is 1. The molecule has 0 aliphatic carbocycles. The summed E-state index contributed by atoms with van der Waals surface area (Å²) in [5, 5.41) is 16.8. The Kier molecular flexibility index (Phi) is 5.65. The fourth-order valence-electron chi connectivity index (χ4n) is 1.86. The summed E-state index contributed by atoms with van der Waals surface area (Å²) in [4.78, 5) is 45.1. The molecule has 1 aliphatic heterocycles. The van der Waals surface area contributed by atoms with Crippen molar-refractivity contribution in [2.75, 3.05) is 5.32 Å². The molecule has 132 valence electrons. The molecule has 2 rings (SSSR count). The quantitative estimate of drug-likeness (QED) is 0.457. The molecule has 11 heteroatoms. The minimum absolute atomic E-state index is 0.00682. The largest absolute Gasteiger partial charge is 0.448 e. The van der Waals surface area contributed by atoms with Crippen molar-refractivity contribution in [3.63, 3.8) is 0 Å². The molecule has 0 radical (unpaired) electrons. The lowest BCUT2D eigenvalue weighted by Gasteiger charge is -2.16. The van der Waals surface area contributed by atoms with Crippen LogP contribution in [0.3, 0.4) is 0 Å². The number of amides is 2. The Hall–Kier alpha value is -3.01. The molecule has 0 bridgehead atoms. The third-order valence-corrected chi connectivity index (χ3v) is 3.54. The van der Waals surface area contributed by atoms with Crippen LogP contribution in [0.2, 0.25) is 5.02 Å². The van der Waals surface area contributed by atoms with Crippen LogP contribution in [0.1, 0.15) is 19.8 Å². The second-order valence-corrected chi connectivity index (χ2v) is 5.46. The average molecular weight is 369 g/mol. The Labute approximate surface area is 146 Å². The van der Waals surface area contributed by atoms with E-state index in [0.29, 0.717) is 0 Å². The lowest BCUT2D eigenvalue weighted by Crippen LogP contribution is -2.35. The van der Waals surface area contributed by atoms with Gasteiger partial charge in [-0.1, -0.05) is 11.6 Å². The number of nitrogens with one attached hydrogen (secondary N) is 2. The van der Waals surface area contributed by atoms with Crippen molar-refractivity contribution in [2.45, 2.75) is 25.9 Å². The number of nitrogens with zero attached hydrogens (tertiary/aromatic N) is 2. The SMILES string of the molecule is CC(OC(=O)C1=NNC(=O)CC1)C(=O)Nc1cc([N+](=O)[O-])ccc1Cl. The molecule has 1 aliphatic rings. The Bertz CT molecular complexity index is 779. The number of nitro benzene ring substituents is 1. The van der Waals surface area contributed by atoms with Gasteiger partial charge < -0.3 is 10.1 Å². The molecule has 1 aromatic carbocycles. The Morgan fingerprint density at radius 3 is 2.76 bits per heavy atom. The highest BCUT2D eigenvalue weighted by Gasteiger charge is 2.25. The zero-order chi connectivity index (χ0) is 18.6. The van der Waals surface area contributed by atoms with E-state index in [1.165, 1.54) is 19.1 Å². The summed E-state index contributed by atoms with van der Waals surface area (Å²) in [6.45, 7) is 1.32. The van der Waals surface area contributed by atoms with E-state index in [4.69, 9.17) is 16.3 Å². The summed E-state index contributed by atoms with van der Waals surface area (Å²) in [6, 6.07) is 3.55. The first-order chi connectivity index (χ1) is 11.8. The van der Waals surface area contributed by atoms with Crippen molar-refractivity contribution < 1.29 is 24.0 Å². The average Bonchev–Trinajstić information content (AvgIpc) is 2.57. The summed E-state index contributed by atoms with van der Waals surface area (Å²) in [5.41, 5.74) is 1.91. The Morgan fingerprint density at radius 1 is 1.44 bits per heavy atom. The number of halogens is 1. The summed E-state index contributed by atoms with van der Waals surface area (Å²) in [7, 11) is 0. The van der Waals surface area contributed by atoms with Gasteiger partial charge in [-0.2, -0.15) is 5.10 Å². The zero-order valence-corrected chi connectivity index (χ0v) is 13.7. The van der Waals surface area contributed by atoms with E-state index in [1.54, 1.807) is 0 Å². The molecule has 25 heavy (non-hydrogen) atoms. The van der Waals surface area contributed by atoms with E-state index >= 15 is 0 Å². The highest BCUT2D eigenvalue weighted by molar-refractivity contribution is 6.37. The molecular formula is C14H13ClN4O6. The Morgan fingerprint density at radius 2 is 2.16 bits per heavy atom. The van der Waals surface area contributed by atoms with Crippen LogP contribution < -0.4 is 10.7 Å². The van der Waals surface area contributed by atoms with Crippen LogP contribution in [0, 0.1) is 10.1 Å². The number of carbonyl (C=O) groups is 3. The predicted octanol–water partition coefficient (Wildman–Crippen LogP) is 1.38. The van der Waals surface area contributed by atoms with Crippen molar-refractivity contribution in [3.8, 4) is 0 Å². The summed E-state index contributed by atoms with van der Waals surface area (Å²) >= 11 is 5.89. The van der Waals surface area contributed by atoms with Gasteiger partial charge in [-0.15, -0.1) is 0 Å². The molecule has 1 heterocycles. The smallest absolute Gasteiger partial charge is 0.355 e. The van der Waals surface area contributed by atoms with E-state index in [-0.39, 0.29) is 40.9 Å². The van der Waals surface area contributed by atoms with E-state index in [0.717, 1.165) is 6.07 Å². The monoisotopic (exact) mass is 368 g/mol. The molecule has 0 aromatic heterocycles. The molecule has 2 amide bonds. The predicted molar refractivity (Wildman–Crippen MR) is 87.1 cm³/mol. The van der Waals surface area contributed by atoms with Crippen molar-refractivity contribution in [1.29, 1.82) is 0 Å². The number of hydrogen-bond acceptors (Lipinski definition) is 7. The van der Waals surface area contributed by atoms with Gasteiger partial charge in [-0.3, -0.25) is 19.7 Å². The number of ether oxygens (including phenoxy) is 1. The van der Waals surface area contributed by atoms with Crippen molar-refractivity contribution in [2.24, 2.45) is 5.10 Å². The summed E-state index contributed by atoms with van der Waals surface area (Å²) < 4.78 is 4.97. The minimum Gasteiger partial charge on any atom is -0.448 e. The van der Waals surface area contributed by atoms with Crippen molar-refractivity contribution >= 4 is 46.5 Å². The van der Waals surface area contributed by atoms with Gasteiger partial charge >= 0.3 is 5.97 Å². The molecule has 10 nitrogen and oxygen atoms in total. The summed E-state index contributed by atoms with van der Waals surface area (Å²) in [6.07, 6.45) is -1.00. The minimum atomic E-state index is -1.21. The van der Waals surface area contributed by atoms with Gasteiger partial charge in [-0.05, 0) is 13.0 Å². The fourth-order valence-corrected chi connectivity index (χ4v) is 2.03. The van der Waals surface area contributed by atoms with E-state index in [2.05, 4.69) is 15.8 Å².